The summed E-state index contributed by atoms with van der Waals surface area (Å²) in [4.78, 5) is 49.3. The van der Waals surface area contributed by atoms with E-state index < -0.39 is 17.9 Å². The van der Waals surface area contributed by atoms with Crippen molar-refractivity contribution in [3.63, 3.8) is 0 Å². The molecule has 2 aliphatic heterocycles. The van der Waals surface area contributed by atoms with Crippen LogP contribution >= 0.6 is 23.2 Å². The molecule has 14 heteroatoms. The molecule has 3 N–H and O–H groups in total. The molecular formula is C40H44Cl2N6O6. The highest BCUT2D eigenvalue weighted by molar-refractivity contribution is 6.40. The van der Waals surface area contributed by atoms with Gasteiger partial charge in [-0.1, -0.05) is 65.7 Å². The molecular weight excluding hydrogens is 731 g/mol. The van der Waals surface area contributed by atoms with Gasteiger partial charge >= 0.3 is 6.09 Å². The van der Waals surface area contributed by atoms with E-state index in [2.05, 4.69) is 15.6 Å². The van der Waals surface area contributed by atoms with E-state index in [4.69, 9.17) is 42.8 Å². The van der Waals surface area contributed by atoms with Gasteiger partial charge in [0.05, 0.1) is 22.4 Å². The minimum atomic E-state index is -0.690. The number of hydrogen-bond acceptors (Lipinski definition) is 9. The summed E-state index contributed by atoms with van der Waals surface area (Å²) in [5.41, 5.74) is 4.31. The SMILES string of the molecule is COC1N=C(c2cccc(-c3cccc(-c4ccn5c(=O)c(CNCCO)cnc5c4)c3Cl)c2Cl)C=CC1CN(C[C@@H]1CCC(=O)N1)C(=O)OC(C)(C)C. The first-order valence-electron chi connectivity index (χ1n) is 17.8. The lowest BCUT2D eigenvalue weighted by atomic mass is 9.95. The first-order valence-corrected chi connectivity index (χ1v) is 18.6. The average molecular weight is 776 g/mol. The van der Waals surface area contributed by atoms with Crippen molar-refractivity contribution in [1.29, 1.82) is 0 Å². The number of hydrogen-bond donors (Lipinski definition) is 3. The first kappa shape index (κ1) is 39.1. The van der Waals surface area contributed by atoms with Crippen LogP contribution in [0.4, 0.5) is 4.79 Å². The van der Waals surface area contributed by atoms with E-state index >= 15 is 0 Å². The van der Waals surface area contributed by atoms with Crippen molar-refractivity contribution in [1.82, 2.24) is 24.9 Å². The van der Waals surface area contributed by atoms with Crippen molar-refractivity contribution < 1.29 is 24.2 Å². The van der Waals surface area contributed by atoms with E-state index in [9.17, 15) is 14.4 Å². The number of methoxy groups -OCH3 is 1. The number of rotatable bonds is 12. The molecule has 0 radical (unpaired) electrons. The molecule has 2 amide bonds. The number of nitrogens with one attached hydrogen (secondary N) is 2. The lowest BCUT2D eigenvalue weighted by Gasteiger charge is -2.33. The van der Waals surface area contributed by atoms with Gasteiger partial charge in [0.1, 0.15) is 11.2 Å². The van der Waals surface area contributed by atoms with Crippen molar-refractivity contribution >= 4 is 46.6 Å². The maximum atomic E-state index is 13.3. The van der Waals surface area contributed by atoms with Crippen molar-refractivity contribution in [3.8, 4) is 22.3 Å². The van der Waals surface area contributed by atoms with Gasteiger partial charge in [-0.25, -0.2) is 9.78 Å². The lowest BCUT2D eigenvalue weighted by Crippen LogP contribution is -2.47. The molecule has 0 spiro atoms. The monoisotopic (exact) mass is 774 g/mol. The number of benzene rings is 2. The van der Waals surface area contributed by atoms with Crippen molar-refractivity contribution in [2.45, 2.75) is 58.0 Å². The number of halogens is 2. The molecule has 6 rings (SSSR count). The molecule has 2 unspecified atom stereocenters. The molecule has 54 heavy (non-hydrogen) atoms. The summed E-state index contributed by atoms with van der Waals surface area (Å²) in [5, 5.41) is 15.9. The van der Waals surface area contributed by atoms with Gasteiger partial charge in [0.25, 0.3) is 5.56 Å². The average Bonchev–Trinajstić information content (AvgIpc) is 3.56. The second kappa shape index (κ2) is 16.8. The third-order valence-electron chi connectivity index (χ3n) is 9.24. The molecule has 1 saturated heterocycles. The highest BCUT2D eigenvalue weighted by Crippen LogP contribution is 2.41. The molecule has 284 valence electrons. The fraction of sp³-hybridized carbons (Fsp3) is 0.375. The van der Waals surface area contributed by atoms with Gasteiger partial charge in [-0.3, -0.25) is 19.0 Å². The topological polar surface area (TPSA) is 147 Å². The van der Waals surface area contributed by atoms with Gasteiger partial charge in [0.2, 0.25) is 5.91 Å². The highest BCUT2D eigenvalue weighted by atomic mass is 35.5. The normalized spacial score (nSPS) is 18.5. The van der Waals surface area contributed by atoms with Gasteiger partial charge in [-0.05, 0) is 51.0 Å². The number of carbonyl (C=O) groups is 2. The quantitative estimate of drug-likeness (QED) is 0.151. The highest BCUT2D eigenvalue weighted by Gasteiger charge is 2.33. The predicted octanol–water partition coefficient (Wildman–Crippen LogP) is 5.88. The smallest absolute Gasteiger partial charge is 0.410 e. The van der Waals surface area contributed by atoms with E-state index in [0.717, 1.165) is 11.1 Å². The number of aromatic nitrogens is 2. The fourth-order valence-corrected chi connectivity index (χ4v) is 7.27. The van der Waals surface area contributed by atoms with Crippen LogP contribution < -0.4 is 16.2 Å². The zero-order chi connectivity index (χ0) is 38.6. The number of fused-ring (bicyclic) bond motifs is 1. The molecule has 3 atom stereocenters. The zero-order valence-corrected chi connectivity index (χ0v) is 32.2. The summed E-state index contributed by atoms with van der Waals surface area (Å²) >= 11 is 14.2. The predicted molar refractivity (Wildman–Crippen MR) is 210 cm³/mol. The number of aliphatic hydroxyl groups excluding tert-OH is 1. The Morgan fingerprint density at radius 2 is 1.76 bits per heavy atom. The largest absolute Gasteiger partial charge is 0.444 e. The maximum absolute atomic E-state index is 13.3. The Hall–Kier alpha value is -4.59. The van der Waals surface area contributed by atoms with E-state index in [1.165, 1.54) is 4.40 Å². The number of amides is 2. The second-order valence-corrected chi connectivity index (χ2v) is 15.1. The van der Waals surface area contributed by atoms with Crippen LogP contribution in [0.15, 0.2) is 82.9 Å². The number of pyridine rings is 1. The molecule has 1 fully saturated rings. The van der Waals surface area contributed by atoms with Crippen LogP contribution in [0.1, 0.15) is 44.7 Å². The van der Waals surface area contributed by atoms with Crippen LogP contribution in [0.5, 0.6) is 0 Å². The summed E-state index contributed by atoms with van der Waals surface area (Å²) in [7, 11) is 1.57. The maximum Gasteiger partial charge on any atom is 0.410 e. The van der Waals surface area contributed by atoms with Crippen LogP contribution in [0.2, 0.25) is 10.0 Å². The number of ether oxygens (including phenoxy) is 2. The lowest BCUT2D eigenvalue weighted by molar-refractivity contribution is -0.119. The Morgan fingerprint density at radius 1 is 1.06 bits per heavy atom. The Bertz CT molecular complexity index is 2160. The van der Waals surface area contributed by atoms with Crippen LogP contribution in [0.3, 0.4) is 0 Å². The number of aliphatic imine (C=N–C) groups is 1. The van der Waals surface area contributed by atoms with Gasteiger partial charge in [0.15, 0.2) is 6.23 Å². The van der Waals surface area contributed by atoms with Crippen molar-refractivity contribution in [3.05, 3.63) is 105 Å². The number of allylic oxidation sites excluding steroid dienone is 1. The van der Waals surface area contributed by atoms with E-state index in [0.29, 0.717) is 76.1 Å². The standard InChI is InChI=1S/C40H44Cl2N6O6/c1-40(2,3)54-39(52)47(23-27-12-14-34(50)45-27)22-25-11-13-32(46-37(25)53-4)31-10-6-9-30(36(31)42)29-8-5-7-28(35(29)41)24-15-17-48-33(19-24)44-21-26(38(48)51)20-43-16-18-49/h5-11,13,15,17,19,21,25,27,37,43,49H,12,14,16,18,20,22-23H2,1-4H3,(H,45,50)/t25?,27-,37?/m0/s1. The van der Waals surface area contributed by atoms with E-state index in [1.807, 2.05) is 81.5 Å². The Kier molecular flexibility index (Phi) is 12.2. The molecule has 0 bridgehead atoms. The minimum Gasteiger partial charge on any atom is -0.444 e. The Balaban J connectivity index is 1.25. The number of aliphatic hydroxyl groups is 1. The van der Waals surface area contributed by atoms with Crippen molar-refractivity contribution in [2.24, 2.45) is 10.9 Å². The molecule has 12 nitrogen and oxygen atoms in total. The number of carbonyl (C=O) groups excluding carboxylic acids is 2. The summed E-state index contributed by atoms with van der Waals surface area (Å²) in [6, 6.07) is 14.8. The Morgan fingerprint density at radius 3 is 2.43 bits per heavy atom. The van der Waals surface area contributed by atoms with Crippen LogP contribution in [-0.4, -0.2) is 88.3 Å². The Labute approximate surface area is 323 Å². The summed E-state index contributed by atoms with van der Waals surface area (Å²) < 4.78 is 13.0. The van der Waals surface area contributed by atoms with Gasteiger partial charge < -0.3 is 30.1 Å². The summed E-state index contributed by atoms with van der Waals surface area (Å²) in [5.74, 6) is -0.321. The van der Waals surface area contributed by atoms with E-state index in [-0.39, 0.29) is 36.6 Å². The van der Waals surface area contributed by atoms with Gasteiger partial charge in [0, 0.05) is 91.9 Å². The first-order chi connectivity index (χ1) is 25.9. The van der Waals surface area contributed by atoms with E-state index in [1.54, 1.807) is 24.4 Å². The molecule has 4 heterocycles. The zero-order valence-electron chi connectivity index (χ0n) is 30.6. The number of dihydropyridines is 1. The number of nitrogens with zero attached hydrogens (tertiary/aromatic N) is 4. The molecule has 0 saturated carbocycles. The molecule has 2 aliphatic rings. The minimum absolute atomic E-state index is 0.0238. The van der Waals surface area contributed by atoms with Crippen molar-refractivity contribution in [2.75, 3.05) is 33.4 Å². The fourth-order valence-electron chi connectivity index (χ4n) is 6.61. The molecule has 4 aromatic rings. The third-order valence-corrected chi connectivity index (χ3v) is 10.1. The summed E-state index contributed by atoms with van der Waals surface area (Å²) in [6.45, 7) is 6.69. The molecule has 0 aliphatic carbocycles. The molecule has 2 aromatic heterocycles. The van der Waals surface area contributed by atoms with Gasteiger partial charge in [-0.15, -0.1) is 0 Å². The third kappa shape index (κ3) is 8.85. The van der Waals surface area contributed by atoms with Gasteiger partial charge in [-0.2, -0.15) is 0 Å². The second-order valence-electron chi connectivity index (χ2n) is 14.3. The van der Waals surface area contributed by atoms with Crippen LogP contribution in [-0.2, 0) is 20.8 Å². The van der Waals surface area contributed by atoms with Crippen LogP contribution in [0.25, 0.3) is 27.9 Å². The van der Waals surface area contributed by atoms with Crippen LogP contribution in [0, 0.1) is 5.92 Å². The molecule has 2 aromatic carbocycles. The summed E-state index contributed by atoms with van der Waals surface area (Å²) in [6.07, 6.45) is 7.04.